The summed E-state index contributed by atoms with van der Waals surface area (Å²) in [5.41, 5.74) is 2.16. The summed E-state index contributed by atoms with van der Waals surface area (Å²) < 4.78 is 5.32. The van der Waals surface area contributed by atoms with Crippen LogP contribution in [0.3, 0.4) is 0 Å². The minimum absolute atomic E-state index is 0.173. The van der Waals surface area contributed by atoms with Crippen molar-refractivity contribution in [1.29, 1.82) is 0 Å². The van der Waals surface area contributed by atoms with E-state index in [0.717, 1.165) is 11.1 Å². The van der Waals surface area contributed by atoms with Gasteiger partial charge >= 0.3 is 0 Å². The van der Waals surface area contributed by atoms with Gasteiger partial charge in [0.25, 0.3) is 11.6 Å². The van der Waals surface area contributed by atoms with Crippen molar-refractivity contribution >= 4 is 23.2 Å². The zero-order valence-corrected chi connectivity index (χ0v) is 15.7. The molecule has 1 heterocycles. The Morgan fingerprint density at radius 2 is 2.00 bits per heavy atom. The zero-order valence-electron chi connectivity index (χ0n) is 15.7. The molecule has 28 heavy (non-hydrogen) atoms. The number of carbonyl (C=O) groups is 2. The lowest BCUT2D eigenvalue weighted by molar-refractivity contribution is -0.384. The van der Waals surface area contributed by atoms with Crippen LogP contribution in [-0.2, 0) is 9.59 Å². The molecular formula is C20H21N3O5. The Morgan fingerprint density at radius 3 is 2.64 bits per heavy atom. The van der Waals surface area contributed by atoms with Crippen molar-refractivity contribution in [3.05, 3.63) is 63.7 Å². The van der Waals surface area contributed by atoms with Gasteiger partial charge in [0, 0.05) is 12.1 Å². The number of hydrogen-bond acceptors (Lipinski definition) is 5. The standard InChI is InChI=1S/C20H21N3O5/c1-3-16(14-6-4-13(2)5-7-14)21-19(24)11-22-17-10-15(23(26)27)8-9-18(17)28-12-20(22)25/h4-10,16H,3,11-12H2,1-2H3,(H,21,24)/t16-/m0/s1. The van der Waals surface area contributed by atoms with Crippen LogP contribution in [0.2, 0.25) is 0 Å². The number of aryl methyl sites for hydroxylation is 1. The third-order valence-electron chi connectivity index (χ3n) is 4.62. The van der Waals surface area contributed by atoms with Crippen molar-refractivity contribution in [3.8, 4) is 5.75 Å². The number of non-ortho nitro benzene ring substituents is 1. The van der Waals surface area contributed by atoms with Crippen molar-refractivity contribution in [3.63, 3.8) is 0 Å². The van der Waals surface area contributed by atoms with Gasteiger partial charge in [0.2, 0.25) is 5.91 Å². The number of nitro groups is 1. The quantitative estimate of drug-likeness (QED) is 0.610. The Morgan fingerprint density at radius 1 is 1.29 bits per heavy atom. The topological polar surface area (TPSA) is 102 Å². The number of amides is 2. The molecule has 0 unspecified atom stereocenters. The van der Waals surface area contributed by atoms with Gasteiger partial charge in [-0.3, -0.25) is 24.6 Å². The van der Waals surface area contributed by atoms with Crippen molar-refractivity contribution < 1.29 is 19.2 Å². The summed E-state index contributed by atoms with van der Waals surface area (Å²) in [6.45, 7) is 3.50. The number of anilines is 1. The van der Waals surface area contributed by atoms with E-state index in [0.29, 0.717) is 12.2 Å². The van der Waals surface area contributed by atoms with E-state index in [9.17, 15) is 19.7 Å². The number of ether oxygens (including phenoxy) is 1. The molecule has 0 saturated heterocycles. The van der Waals surface area contributed by atoms with Crippen LogP contribution in [0.4, 0.5) is 11.4 Å². The molecule has 0 aromatic heterocycles. The first-order chi connectivity index (χ1) is 13.4. The molecule has 1 atom stereocenters. The minimum Gasteiger partial charge on any atom is -0.482 e. The van der Waals surface area contributed by atoms with Crippen molar-refractivity contribution in [2.45, 2.75) is 26.3 Å². The fraction of sp³-hybridized carbons (Fsp3) is 0.300. The number of nitrogens with zero attached hydrogens (tertiary/aromatic N) is 2. The van der Waals surface area contributed by atoms with Gasteiger partial charge in [0.15, 0.2) is 6.61 Å². The summed E-state index contributed by atoms with van der Waals surface area (Å²) >= 11 is 0. The molecule has 0 fully saturated rings. The highest BCUT2D eigenvalue weighted by atomic mass is 16.6. The predicted molar refractivity (Wildman–Crippen MR) is 103 cm³/mol. The maximum absolute atomic E-state index is 12.6. The summed E-state index contributed by atoms with van der Waals surface area (Å²) in [5.74, 6) is -0.435. The Labute approximate surface area is 162 Å². The third-order valence-corrected chi connectivity index (χ3v) is 4.62. The van der Waals surface area contributed by atoms with E-state index in [2.05, 4.69) is 5.32 Å². The van der Waals surface area contributed by atoms with Crippen LogP contribution in [0.25, 0.3) is 0 Å². The molecule has 0 bridgehead atoms. The van der Waals surface area contributed by atoms with Gasteiger partial charge in [-0.1, -0.05) is 36.8 Å². The van der Waals surface area contributed by atoms with E-state index < -0.39 is 10.8 Å². The molecule has 8 heteroatoms. The highest BCUT2D eigenvalue weighted by molar-refractivity contribution is 6.02. The second-order valence-electron chi connectivity index (χ2n) is 6.62. The molecule has 8 nitrogen and oxygen atoms in total. The van der Waals surface area contributed by atoms with Crippen molar-refractivity contribution in [2.24, 2.45) is 0 Å². The Balaban J connectivity index is 1.78. The number of rotatable bonds is 6. The van der Waals surface area contributed by atoms with E-state index >= 15 is 0 Å². The first kappa shape index (κ1) is 19.3. The smallest absolute Gasteiger partial charge is 0.271 e. The lowest BCUT2D eigenvalue weighted by Gasteiger charge is -2.29. The molecule has 2 amide bonds. The van der Waals surface area contributed by atoms with E-state index in [1.165, 1.54) is 23.1 Å². The largest absolute Gasteiger partial charge is 0.482 e. The molecule has 3 rings (SSSR count). The molecular weight excluding hydrogens is 362 g/mol. The highest BCUT2D eigenvalue weighted by Crippen LogP contribution is 2.35. The maximum atomic E-state index is 12.6. The molecule has 0 aliphatic carbocycles. The first-order valence-corrected chi connectivity index (χ1v) is 8.96. The SMILES string of the molecule is CC[C@H](NC(=O)CN1C(=O)COc2ccc([N+](=O)[O-])cc21)c1ccc(C)cc1. The van der Waals surface area contributed by atoms with E-state index in [4.69, 9.17) is 4.74 Å². The number of carbonyl (C=O) groups excluding carboxylic acids is 2. The molecule has 1 N–H and O–H groups in total. The van der Waals surface area contributed by atoms with Crippen LogP contribution in [0.15, 0.2) is 42.5 Å². The molecule has 1 aliphatic heterocycles. The monoisotopic (exact) mass is 383 g/mol. The van der Waals surface area contributed by atoms with E-state index in [1.807, 2.05) is 38.1 Å². The number of hydrogen-bond donors (Lipinski definition) is 1. The Hall–Kier alpha value is -3.42. The molecule has 2 aromatic carbocycles. The van der Waals surface area contributed by atoms with E-state index in [-0.39, 0.29) is 36.5 Å². The number of nitrogens with one attached hydrogen (secondary N) is 1. The summed E-state index contributed by atoms with van der Waals surface area (Å²) in [7, 11) is 0. The van der Waals surface area contributed by atoms with Crippen LogP contribution in [0, 0.1) is 17.0 Å². The Kier molecular flexibility index (Phi) is 5.58. The minimum atomic E-state index is -0.553. The van der Waals surface area contributed by atoms with Crippen LogP contribution in [0.5, 0.6) is 5.75 Å². The average molecular weight is 383 g/mol. The second-order valence-corrected chi connectivity index (χ2v) is 6.62. The molecule has 0 saturated carbocycles. The first-order valence-electron chi connectivity index (χ1n) is 8.96. The number of nitro benzene ring substituents is 1. The predicted octanol–water partition coefficient (Wildman–Crippen LogP) is 2.90. The maximum Gasteiger partial charge on any atom is 0.271 e. The molecule has 146 valence electrons. The molecule has 0 radical (unpaired) electrons. The second kappa shape index (κ2) is 8.08. The molecule has 1 aliphatic rings. The van der Waals surface area contributed by atoms with Gasteiger partial charge in [-0.2, -0.15) is 0 Å². The number of benzene rings is 2. The van der Waals surface area contributed by atoms with Crippen LogP contribution in [0.1, 0.15) is 30.5 Å². The van der Waals surface area contributed by atoms with Gasteiger partial charge in [-0.25, -0.2) is 0 Å². The molecule has 0 spiro atoms. The average Bonchev–Trinajstić information content (AvgIpc) is 2.68. The summed E-state index contributed by atoms with van der Waals surface area (Å²) in [6.07, 6.45) is 0.688. The van der Waals surface area contributed by atoms with Crippen molar-refractivity contribution in [1.82, 2.24) is 5.32 Å². The van der Waals surface area contributed by atoms with Gasteiger partial charge in [-0.05, 0) is 25.0 Å². The van der Waals surface area contributed by atoms with Crippen LogP contribution >= 0.6 is 0 Å². The number of fused-ring (bicyclic) bond motifs is 1. The fourth-order valence-corrected chi connectivity index (χ4v) is 3.08. The van der Waals surface area contributed by atoms with E-state index in [1.54, 1.807) is 0 Å². The molecule has 2 aromatic rings. The Bertz CT molecular complexity index is 911. The van der Waals surface area contributed by atoms with Gasteiger partial charge in [0.05, 0.1) is 16.7 Å². The van der Waals surface area contributed by atoms with Crippen molar-refractivity contribution in [2.75, 3.05) is 18.1 Å². The van der Waals surface area contributed by atoms with Gasteiger partial charge < -0.3 is 10.1 Å². The highest BCUT2D eigenvalue weighted by Gasteiger charge is 2.29. The third kappa shape index (κ3) is 4.11. The lowest BCUT2D eigenvalue weighted by Crippen LogP contribution is -2.45. The van der Waals surface area contributed by atoms with Crippen LogP contribution in [-0.4, -0.2) is 29.9 Å². The summed E-state index contributed by atoms with van der Waals surface area (Å²) in [6, 6.07) is 11.7. The zero-order chi connectivity index (χ0) is 20.3. The summed E-state index contributed by atoms with van der Waals surface area (Å²) in [4.78, 5) is 36.6. The fourth-order valence-electron chi connectivity index (χ4n) is 3.08. The van der Waals surface area contributed by atoms with Gasteiger partial charge in [-0.15, -0.1) is 0 Å². The van der Waals surface area contributed by atoms with Gasteiger partial charge in [0.1, 0.15) is 12.3 Å². The normalized spacial score (nSPS) is 14.1. The van der Waals surface area contributed by atoms with Crippen LogP contribution < -0.4 is 15.0 Å². The lowest BCUT2D eigenvalue weighted by atomic mass is 10.0. The summed E-state index contributed by atoms with van der Waals surface area (Å²) in [5, 5.41) is 14.0.